The number of carbonyl (C=O) groups is 1. The summed E-state index contributed by atoms with van der Waals surface area (Å²) in [7, 11) is 1.68. The molecule has 1 N–H and O–H groups in total. The van der Waals surface area contributed by atoms with Gasteiger partial charge in [0, 0.05) is 26.8 Å². The van der Waals surface area contributed by atoms with Gasteiger partial charge in [-0.15, -0.1) is 0 Å². The number of ether oxygens (including phenoxy) is 1. The third-order valence-corrected chi connectivity index (χ3v) is 3.59. The largest absolute Gasteiger partial charge is 0.481 e. The van der Waals surface area contributed by atoms with Crippen molar-refractivity contribution in [1.29, 1.82) is 0 Å². The third kappa shape index (κ3) is 4.53. The van der Waals surface area contributed by atoms with E-state index in [1.54, 1.807) is 19.5 Å². The molecular formula is C15H21N3O3. The van der Waals surface area contributed by atoms with Crippen LogP contribution in [0.2, 0.25) is 0 Å². The number of carboxylic acids is 1. The van der Waals surface area contributed by atoms with Gasteiger partial charge in [-0.25, -0.2) is 4.98 Å². The highest BCUT2D eigenvalue weighted by Crippen LogP contribution is 2.21. The van der Waals surface area contributed by atoms with Gasteiger partial charge in [0.15, 0.2) is 0 Å². The minimum Gasteiger partial charge on any atom is -0.481 e. The highest BCUT2D eigenvalue weighted by Gasteiger charge is 2.25. The van der Waals surface area contributed by atoms with Crippen LogP contribution in [-0.2, 0) is 9.53 Å². The second kappa shape index (κ2) is 7.73. The van der Waals surface area contributed by atoms with Gasteiger partial charge in [0.2, 0.25) is 0 Å². The Morgan fingerprint density at radius 2 is 2.24 bits per heavy atom. The number of carboxylic acid groups (broad SMARTS) is 1. The quantitative estimate of drug-likeness (QED) is 0.806. The van der Waals surface area contributed by atoms with Crippen LogP contribution in [-0.4, -0.2) is 47.8 Å². The van der Waals surface area contributed by atoms with E-state index >= 15 is 0 Å². The number of aliphatic carboxylic acids is 1. The minimum atomic E-state index is -0.699. The monoisotopic (exact) mass is 291 g/mol. The van der Waals surface area contributed by atoms with Crippen LogP contribution in [0, 0.1) is 5.92 Å². The molecule has 114 valence electrons. The van der Waals surface area contributed by atoms with Crippen molar-refractivity contribution in [3.63, 3.8) is 0 Å². The normalized spacial score (nSPS) is 16.5. The van der Waals surface area contributed by atoms with Crippen LogP contribution in [0.25, 0.3) is 6.08 Å². The van der Waals surface area contributed by atoms with Gasteiger partial charge < -0.3 is 14.7 Å². The van der Waals surface area contributed by atoms with E-state index < -0.39 is 5.97 Å². The van der Waals surface area contributed by atoms with Crippen LogP contribution in [0.15, 0.2) is 18.5 Å². The SMILES string of the molecule is COCCC=Cc1cncc(N2CCC(C(=O)O)CC2)n1. The third-order valence-electron chi connectivity index (χ3n) is 3.59. The van der Waals surface area contributed by atoms with E-state index in [0.717, 1.165) is 17.9 Å². The van der Waals surface area contributed by atoms with Crippen LogP contribution in [0.3, 0.4) is 0 Å². The maximum atomic E-state index is 11.0. The Morgan fingerprint density at radius 3 is 2.90 bits per heavy atom. The fourth-order valence-electron chi connectivity index (χ4n) is 2.35. The van der Waals surface area contributed by atoms with Crippen LogP contribution >= 0.6 is 0 Å². The molecule has 1 aromatic rings. The molecule has 1 aromatic heterocycles. The van der Waals surface area contributed by atoms with Gasteiger partial charge >= 0.3 is 5.97 Å². The maximum absolute atomic E-state index is 11.0. The van der Waals surface area contributed by atoms with E-state index in [1.807, 2.05) is 12.2 Å². The lowest BCUT2D eigenvalue weighted by atomic mass is 9.97. The van der Waals surface area contributed by atoms with Crippen LogP contribution in [0.1, 0.15) is 25.0 Å². The molecule has 0 amide bonds. The molecule has 21 heavy (non-hydrogen) atoms. The van der Waals surface area contributed by atoms with Crippen molar-refractivity contribution in [3.8, 4) is 0 Å². The first-order chi connectivity index (χ1) is 10.2. The first-order valence-corrected chi connectivity index (χ1v) is 7.16. The zero-order chi connectivity index (χ0) is 15.1. The topological polar surface area (TPSA) is 75.5 Å². The molecule has 2 rings (SSSR count). The molecule has 0 radical (unpaired) electrons. The molecule has 2 heterocycles. The summed E-state index contributed by atoms with van der Waals surface area (Å²) in [6, 6.07) is 0. The van der Waals surface area contributed by atoms with Crippen LogP contribution in [0.5, 0.6) is 0 Å². The molecule has 0 aliphatic carbocycles. The Bertz CT molecular complexity index is 497. The number of aromatic nitrogens is 2. The summed E-state index contributed by atoms with van der Waals surface area (Å²) in [6.07, 6.45) is 9.54. The molecule has 0 unspecified atom stereocenters. The summed E-state index contributed by atoms with van der Waals surface area (Å²) in [5.74, 6) is -0.116. The standard InChI is InChI=1S/C15H21N3O3/c1-21-9-3-2-4-13-10-16-11-14(17-13)18-7-5-12(6-8-18)15(19)20/h2,4,10-12H,3,5-9H2,1H3,(H,19,20). The Balaban J connectivity index is 1.95. The first kappa shape index (κ1) is 15.4. The average Bonchev–Trinajstić information content (AvgIpc) is 2.52. The lowest BCUT2D eigenvalue weighted by Crippen LogP contribution is -2.36. The Kier molecular flexibility index (Phi) is 5.68. The molecule has 0 saturated carbocycles. The summed E-state index contributed by atoms with van der Waals surface area (Å²) in [6.45, 7) is 2.11. The van der Waals surface area contributed by atoms with Crippen molar-refractivity contribution in [2.24, 2.45) is 5.92 Å². The van der Waals surface area contributed by atoms with E-state index in [0.29, 0.717) is 32.5 Å². The Morgan fingerprint density at radius 1 is 1.48 bits per heavy atom. The van der Waals surface area contributed by atoms with Gasteiger partial charge in [0.1, 0.15) is 5.82 Å². The van der Waals surface area contributed by atoms with Crippen molar-refractivity contribution in [2.75, 3.05) is 31.7 Å². The van der Waals surface area contributed by atoms with Gasteiger partial charge in [-0.05, 0) is 25.3 Å². The molecule has 1 fully saturated rings. The van der Waals surface area contributed by atoms with Gasteiger partial charge in [-0.3, -0.25) is 9.78 Å². The van der Waals surface area contributed by atoms with E-state index in [1.165, 1.54) is 0 Å². The lowest BCUT2D eigenvalue weighted by Gasteiger charge is -2.30. The molecule has 0 spiro atoms. The van der Waals surface area contributed by atoms with Crippen LogP contribution in [0.4, 0.5) is 5.82 Å². The lowest BCUT2D eigenvalue weighted by molar-refractivity contribution is -0.142. The van der Waals surface area contributed by atoms with Crippen molar-refractivity contribution >= 4 is 17.9 Å². The zero-order valence-electron chi connectivity index (χ0n) is 12.2. The predicted octanol–water partition coefficient (Wildman–Crippen LogP) is 1.83. The molecule has 1 aliphatic rings. The number of rotatable bonds is 6. The van der Waals surface area contributed by atoms with E-state index in [-0.39, 0.29) is 5.92 Å². The van der Waals surface area contributed by atoms with Crippen molar-refractivity contribution in [2.45, 2.75) is 19.3 Å². The second-order valence-corrected chi connectivity index (χ2v) is 5.09. The van der Waals surface area contributed by atoms with Gasteiger partial charge in [0.25, 0.3) is 0 Å². The number of nitrogens with zero attached hydrogens (tertiary/aromatic N) is 3. The fourth-order valence-corrected chi connectivity index (χ4v) is 2.35. The average molecular weight is 291 g/mol. The summed E-state index contributed by atoms with van der Waals surface area (Å²) >= 11 is 0. The van der Waals surface area contributed by atoms with Gasteiger partial charge in [-0.2, -0.15) is 0 Å². The van der Waals surface area contributed by atoms with E-state index in [2.05, 4.69) is 14.9 Å². The molecule has 6 heteroatoms. The summed E-state index contributed by atoms with van der Waals surface area (Å²) in [5.41, 5.74) is 0.809. The zero-order valence-corrected chi connectivity index (χ0v) is 12.2. The predicted molar refractivity (Wildman–Crippen MR) is 80.1 cm³/mol. The molecule has 1 aliphatic heterocycles. The van der Waals surface area contributed by atoms with Crippen LogP contribution < -0.4 is 4.90 Å². The molecule has 0 aromatic carbocycles. The van der Waals surface area contributed by atoms with E-state index in [9.17, 15) is 4.79 Å². The molecule has 1 saturated heterocycles. The molecule has 0 bridgehead atoms. The molecule has 0 atom stereocenters. The van der Waals surface area contributed by atoms with Crippen molar-refractivity contribution in [3.05, 3.63) is 24.2 Å². The van der Waals surface area contributed by atoms with Gasteiger partial charge in [-0.1, -0.05) is 6.08 Å². The molecule has 6 nitrogen and oxygen atoms in total. The Hall–Kier alpha value is -1.95. The highest BCUT2D eigenvalue weighted by atomic mass is 16.5. The number of piperidine rings is 1. The second-order valence-electron chi connectivity index (χ2n) is 5.09. The number of anilines is 1. The first-order valence-electron chi connectivity index (χ1n) is 7.16. The number of hydrogen-bond donors (Lipinski definition) is 1. The highest BCUT2D eigenvalue weighted by molar-refractivity contribution is 5.70. The van der Waals surface area contributed by atoms with Gasteiger partial charge in [0.05, 0.1) is 24.0 Å². The Labute approximate surface area is 124 Å². The fraction of sp³-hybridized carbons (Fsp3) is 0.533. The summed E-state index contributed by atoms with van der Waals surface area (Å²) in [4.78, 5) is 21.8. The van der Waals surface area contributed by atoms with Crippen molar-refractivity contribution < 1.29 is 14.6 Å². The summed E-state index contributed by atoms with van der Waals surface area (Å²) < 4.78 is 4.98. The minimum absolute atomic E-state index is 0.230. The maximum Gasteiger partial charge on any atom is 0.306 e. The number of hydrogen-bond acceptors (Lipinski definition) is 5. The number of methoxy groups -OCH3 is 1. The molecular weight excluding hydrogens is 270 g/mol. The van der Waals surface area contributed by atoms with E-state index in [4.69, 9.17) is 9.84 Å². The smallest absolute Gasteiger partial charge is 0.306 e. The van der Waals surface area contributed by atoms with Crippen molar-refractivity contribution in [1.82, 2.24) is 9.97 Å². The summed E-state index contributed by atoms with van der Waals surface area (Å²) in [5, 5.41) is 9.01.